The maximum Gasteiger partial charge on any atom is 0.254 e. The molecule has 0 amide bonds. The van der Waals surface area contributed by atoms with Crippen LogP contribution in [-0.2, 0) is 12.8 Å². The Labute approximate surface area is 134 Å². The summed E-state index contributed by atoms with van der Waals surface area (Å²) in [4.78, 5) is 9.17. The van der Waals surface area contributed by atoms with Crippen molar-refractivity contribution in [3.8, 4) is 0 Å². The van der Waals surface area contributed by atoms with Crippen molar-refractivity contribution in [1.82, 2.24) is 19.6 Å². The molecule has 3 rings (SSSR count). The first-order valence-corrected chi connectivity index (χ1v) is 9.22. The second kappa shape index (κ2) is 6.97. The highest BCUT2D eigenvalue weighted by atomic mass is 35.5. The molecule has 2 aromatic heterocycles. The largest absolute Gasteiger partial charge is 0.254 e. The molecule has 0 saturated carbocycles. The van der Waals surface area contributed by atoms with Crippen molar-refractivity contribution >= 4 is 29.1 Å². The van der Waals surface area contributed by atoms with Gasteiger partial charge in [-0.25, -0.2) is 4.98 Å². The van der Waals surface area contributed by atoms with E-state index in [-0.39, 0.29) is 0 Å². The van der Waals surface area contributed by atoms with Crippen LogP contribution in [0.5, 0.6) is 0 Å². The van der Waals surface area contributed by atoms with Crippen LogP contribution in [0.2, 0.25) is 5.15 Å². The van der Waals surface area contributed by atoms with Crippen molar-refractivity contribution in [1.29, 1.82) is 0 Å². The van der Waals surface area contributed by atoms with Crippen molar-refractivity contribution in [2.45, 2.75) is 63.4 Å². The molecule has 0 aliphatic heterocycles. The molecule has 0 saturated heterocycles. The van der Waals surface area contributed by atoms with Crippen molar-refractivity contribution in [2.75, 3.05) is 5.75 Å². The van der Waals surface area contributed by atoms with Crippen LogP contribution in [0.1, 0.15) is 56.7 Å². The Morgan fingerprint density at radius 3 is 2.86 bits per heavy atom. The highest BCUT2D eigenvalue weighted by molar-refractivity contribution is 7.99. The number of rotatable bonds is 6. The fraction of sp³-hybridized carbons (Fsp3) is 0.667. The average Bonchev–Trinajstić information content (AvgIpc) is 2.90. The Bertz CT molecular complexity index is 626. The quantitative estimate of drug-likeness (QED) is 0.450. The maximum atomic E-state index is 6.49. The van der Waals surface area contributed by atoms with Gasteiger partial charge in [-0.3, -0.25) is 0 Å². The van der Waals surface area contributed by atoms with E-state index in [9.17, 15) is 0 Å². The van der Waals surface area contributed by atoms with Crippen LogP contribution in [0, 0.1) is 0 Å². The lowest BCUT2D eigenvalue weighted by molar-refractivity contribution is 0.659. The Morgan fingerprint density at radius 2 is 2.00 bits per heavy atom. The Morgan fingerprint density at radius 1 is 1.14 bits per heavy atom. The predicted molar refractivity (Wildman–Crippen MR) is 87.3 cm³/mol. The summed E-state index contributed by atoms with van der Waals surface area (Å²) in [5, 5.41) is 6.02. The van der Waals surface area contributed by atoms with Crippen LogP contribution < -0.4 is 0 Å². The fourth-order valence-corrected chi connectivity index (χ4v) is 3.86. The summed E-state index contributed by atoms with van der Waals surface area (Å²) in [6.07, 6.45) is 9.47. The summed E-state index contributed by atoms with van der Waals surface area (Å²) in [5.74, 6) is 1.71. The average molecular weight is 325 g/mol. The third-order valence-corrected chi connectivity index (χ3v) is 5.22. The zero-order valence-electron chi connectivity index (χ0n) is 12.4. The van der Waals surface area contributed by atoms with E-state index in [0.717, 1.165) is 29.4 Å². The highest BCUT2D eigenvalue weighted by Gasteiger charge is 2.19. The van der Waals surface area contributed by atoms with Gasteiger partial charge in [0.1, 0.15) is 5.15 Å². The molecule has 0 N–H and O–H groups in total. The monoisotopic (exact) mass is 324 g/mol. The van der Waals surface area contributed by atoms with E-state index in [1.165, 1.54) is 44.1 Å². The number of thioether (sulfide) groups is 1. The lowest BCUT2D eigenvalue weighted by Crippen LogP contribution is -2.10. The van der Waals surface area contributed by atoms with Crippen LogP contribution in [0.25, 0.3) is 5.78 Å². The normalized spacial score (nSPS) is 14.6. The van der Waals surface area contributed by atoms with Crippen LogP contribution in [0.3, 0.4) is 0 Å². The molecule has 0 bridgehead atoms. The Balaban J connectivity index is 1.75. The van der Waals surface area contributed by atoms with Crippen molar-refractivity contribution in [3.63, 3.8) is 0 Å². The van der Waals surface area contributed by atoms with E-state index < -0.39 is 0 Å². The fourth-order valence-electron chi connectivity index (χ4n) is 2.73. The SMILES string of the molecule is CCCCCCSc1nc2nc3c(c(Cl)n2n1)CCCC3. The molecular weight excluding hydrogens is 304 g/mol. The number of halogens is 1. The molecule has 0 unspecified atom stereocenters. The number of hydrogen-bond acceptors (Lipinski definition) is 4. The van der Waals surface area contributed by atoms with E-state index in [2.05, 4.69) is 22.0 Å². The van der Waals surface area contributed by atoms with Crippen molar-refractivity contribution in [2.24, 2.45) is 0 Å². The smallest absolute Gasteiger partial charge is 0.216 e. The molecular formula is C15H21ClN4S. The summed E-state index contributed by atoms with van der Waals surface area (Å²) in [6, 6.07) is 0. The van der Waals surface area contributed by atoms with Gasteiger partial charge in [-0.2, -0.15) is 9.50 Å². The molecule has 1 aliphatic rings. The molecule has 1 aliphatic carbocycles. The van der Waals surface area contributed by atoms with Crippen LogP contribution in [-0.4, -0.2) is 25.3 Å². The molecule has 0 aromatic carbocycles. The molecule has 6 heteroatoms. The van der Waals surface area contributed by atoms with Crippen molar-refractivity contribution < 1.29 is 0 Å². The van der Waals surface area contributed by atoms with Gasteiger partial charge in [-0.1, -0.05) is 49.5 Å². The first-order valence-electron chi connectivity index (χ1n) is 7.86. The molecule has 21 heavy (non-hydrogen) atoms. The van der Waals surface area contributed by atoms with E-state index in [1.807, 2.05) is 0 Å². The number of nitrogens with zero attached hydrogens (tertiary/aromatic N) is 4. The van der Waals surface area contributed by atoms with E-state index in [0.29, 0.717) is 10.9 Å². The molecule has 0 spiro atoms. The van der Waals surface area contributed by atoms with Crippen molar-refractivity contribution in [3.05, 3.63) is 16.4 Å². The molecule has 0 radical (unpaired) electrons. The second-order valence-corrected chi connectivity index (χ2v) is 6.97. The maximum absolute atomic E-state index is 6.49. The minimum Gasteiger partial charge on any atom is -0.216 e. The summed E-state index contributed by atoms with van der Waals surface area (Å²) in [5.41, 5.74) is 2.28. The van der Waals surface area contributed by atoms with Gasteiger partial charge in [0.25, 0.3) is 5.78 Å². The minimum atomic E-state index is 0.650. The summed E-state index contributed by atoms with van der Waals surface area (Å²) < 4.78 is 1.71. The topological polar surface area (TPSA) is 43.1 Å². The molecule has 114 valence electrons. The van der Waals surface area contributed by atoms with Gasteiger partial charge in [-0.15, -0.1) is 5.10 Å². The number of hydrogen-bond donors (Lipinski definition) is 0. The highest BCUT2D eigenvalue weighted by Crippen LogP contribution is 2.28. The Hall–Kier alpha value is -0.810. The molecule has 0 atom stereocenters. The Kier molecular flexibility index (Phi) is 5.01. The number of unbranched alkanes of at least 4 members (excludes halogenated alkanes) is 3. The van der Waals surface area contributed by atoms with Gasteiger partial charge in [-0.05, 0) is 32.1 Å². The van der Waals surface area contributed by atoms with Gasteiger partial charge < -0.3 is 0 Å². The second-order valence-electron chi connectivity index (χ2n) is 5.55. The minimum absolute atomic E-state index is 0.650. The lowest BCUT2D eigenvalue weighted by atomic mass is 9.97. The van der Waals surface area contributed by atoms with E-state index in [4.69, 9.17) is 11.6 Å². The summed E-state index contributed by atoms with van der Waals surface area (Å²) in [6.45, 7) is 2.23. The first kappa shape index (κ1) is 15.1. The summed E-state index contributed by atoms with van der Waals surface area (Å²) in [7, 11) is 0. The van der Waals surface area contributed by atoms with Crippen LogP contribution >= 0.6 is 23.4 Å². The van der Waals surface area contributed by atoms with E-state index in [1.54, 1.807) is 16.3 Å². The van der Waals surface area contributed by atoms with Gasteiger partial charge in [0, 0.05) is 11.3 Å². The number of aryl methyl sites for hydroxylation is 1. The third kappa shape index (κ3) is 3.34. The zero-order valence-corrected chi connectivity index (χ0v) is 14.0. The van der Waals surface area contributed by atoms with Crippen LogP contribution in [0.15, 0.2) is 5.16 Å². The third-order valence-electron chi connectivity index (χ3n) is 3.91. The van der Waals surface area contributed by atoms with Gasteiger partial charge in [0.15, 0.2) is 0 Å². The molecule has 0 fully saturated rings. The van der Waals surface area contributed by atoms with Crippen LogP contribution in [0.4, 0.5) is 0 Å². The standard InChI is InChI=1S/C15H21ClN4S/c1-2-3-4-7-10-21-15-18-14-17-12-9-6-5-8-11(12)13(16)20(14)19-15/h2-10H2,1H3. The molecule has 2 heterocycles. The van der Waals surface area contributed by atoms with Gasteiger partial charge >= 0.3 is 0 Å². The predicted octanol–water partition coefficient (Wildman–Crippen LogP) is 4.33. The zero-order chi connectivity index (χ0) is 14.7. The van der Waals surface area contributed by atoms with E-state index >= 15 is 0 Å². The molecule has 2 aromatic rings. The molecule has 4 nitrogen and oxygen atoms in total. The number of fused-ring (bicyclic) bond motifs is 2. The summed E-state index contributed by atoms with van der Waals surface area (Å²) >= 11 is 8.19. The lowest BCUT2D eigenvalue weighted by Gasteiger charge is -2.15. The van der Waals surface area contributed by atoms with Gasteiger partial charge in [0.05, 0.1) is 5.69 Å². The first-order chi connectivity index (χ1) is 10.3. The number of aromatic nitrogens is 4. The van der Waals surface area contributed by atoms with Gasteiger partial charge in [0.2, 0.25) is 5.16 Å².